The van der Waals surface area contributed by atoms with Gasteiger partial charge in [-0.05, 0) is 41.8 Å². The van der Waals surface area contributed by atoms with Gasteiger partial charge in [0.05, 0.1) is 11.7 Å². The van der Waals surface area contributed by atoms with Crippen LogP contribution in [0.5, 0.6) is 5.75 Å². The Balaban J connectivity index is 1.45. The second kappa shape index (κ2) is 9.95. The van der Waals surface area contributed by atoms with Crippen LogP contribution in [0.15, 0.2) is 48.8 Å². The molecule has 1 aliphatic heterocycles. The van der Waals surface area contributed by atoms with Crippen LogP contribution in [0.25, 0.3) is 16.7 Å². The number of fused-ring (bicyclic) bond motifs is 1. The summed E-state index contributed by atoms with van der Waals surface area (Å²) in [5.74, 6) is 0.379. The van der Waals surface area contributed by atoms with Crippen molar-refractivity contribution in [2.75, 3.05) is 13.1 Å². The number of carbonyl (C=O) groups is 2. The van der Waals surface area contributed by atoms with E-state index in [0.717, 1.165) is 5.52 Å². The predicted octanol–water partition coefficient (Wildman–Crippen LogP) is 5.25. The van der Waals surface area contributed by atoms with E-state index in [9.17, 15) is 27.9 Å². The van der Waals surface area contributed by atoms with Crippen LogP contribution in [-0.2, 0) is 0 Å². The average Bonchev–Trinajstić information content (AvgIpc) is 3.25. The number of likely N-dealkylation sites (tertiary alicyclic amines) is 1. The minimum atomic E-state index is -4.48. The second-order valence-corrected chi connectivity index (χ2v) is 10.2. The first-order chi connectivity index (χ1) is 17.3. The molecule has 2 N–H and O–H groups in total. The molecule has 4 rings (SSSR count). The maximum Gasteiger partial charge on any atom is 0.407 e. The molecule has 198 valence electrons. The molecule has 3 heterocycles. The minimum Gasteiger partial charge on any atom is -0.489 e. The molecule has 8 nitrogen and oxygen atoms in total. The number of alkyl halides is 3. The van der Waals surface area contributed by atoms with Crippen LogP contribution in [0.4, 0.5) is 18.0 Å². The highest BCUT2D eigenvalue weighted by Crippen LogP contribution is 2.33. The number of ether oxygens (including phenoxy) is 1. The molecule has 2 atom stereocenters. The zero-order valence-electron chi connectivity index (χ0n) is 20.7. The molecule has 0 saturated carbocycles. The van der Waals surface area contributed by atoms with Crippen molar-refractivity contribution in [1.82, 2.24) is 19.8 Å². The number of piperidine rings is 1. The number of aromatic nitrogens is 2. The van der Waals surface area contributed by atoms with Crippen LogP contribution in [0, 0.1) is 5.41 Å². The lowest BCUT2D eigenvalue weighted by molar-refractivity contribution is -0.123. The van der Waals surface area contributed by atoms with Gasteiger partial charge in [0.15, 0.2) is 0 Å². The third-order valence-electron chi connectivity index (χ3n) is 6.47. The number of nitrogens with zero attached hydrogens (tertiary/aromatic N) is 3. The SMILES string of the molecule is CC(C)(C)C1CC(Oc2ccc(-n3ccc4cc(C(=O)NCC(F)(F)F)ccc43)nc2)CCN1C(=O)O. The Morgan fingerprint density at radius 1 is 1.16 bits per heavy atom. The van der Waals surface area contributed by atoms with Crippen LogP contribution in [0.1, 0.15) is 44.0 Å². The van der Waals surface area contributed by atoms with E-state index in [1.165, 1.54) is 17.0 Å². The molecule has 37 heavy (non-hydrogen) atoms. The minimum absolute atomic E-state index is 0.133. The number of hydrogen-bond donors (Lipinski definition) is 2. The topological polar surface area (TPSA) is 96.7 Å². The number of halogens is 3. The van der Waals surface area contributed by atoms with Gasteiger partial charge in [-0.2, -0.15) is 13.2 Å². The number of pyridine rings is 1. The van der Waals surface area contributed by atoms with E-state index in [-0.39, 0.29) is 23.1 Å². The zero-order chi connectivity index (χ0) is 27.0. The number of rotatable bonds is 5. The maximum atomic E-state index is 12.4. The summed E-state index contributed by atoms with van der Waals surface area (Å²) in [6, 6.07) is 9.83. The van der Waals surface area contributed by atoms with Crippen molar-refractivity contribution in [2.24, 2.45) is 5.41 Å². The van der Waals surface area contributed by atoms with Crippen molar-refractivity contribution >= 4 is 22.9 Å². The van der Waals surface area contributed by atoms with Gasteiger partial charge in [-0.25, -0.2) is 9.78 Å². The fraction of sp³-hybridized carbons (Fsp3) is 0.423. The quantitative estimate of drug-likeness (QED) is 0.481. The smallest absolute Gasteiger partial charge is 0.407 e. The van der Waals surface area contributed by atoms with Crippen LogP contribution < -0.4 is 10.1 Å². The fourth-order valence-electron chi connectivity index (χ4n) is 4.63. The summed E-state index contributed by atoms with van der Waals surface area (Å²) in [5.41, 5.74) is 0.646. The molecule has 11 heteroatoms. The molecule has 1 fully saturated rings. The Labute approximate surface area is 212 Å². The van der Waals surface area contributed by atoms with Crippen molar-refractivity contribution in [3.8, 4) is 11.6 Å². The van der Waals surface area contributed by atoms with Gasteiger partial charge in [-0.1, -0.05) is 20.8 Å². The third-order valence-corrected chi connectivity index (χ3v) is 6.47. The highest BCUT2D eigenvalue weighted by Gasteiger charge is 2.39. The van der Waals surface area contributed by atoms with Crippen molar-refractivity contribution in [1.29, 1.82) is 0 Å². The van der Waals surface area contributed by atoms with Gasteiger partial charge in [-0.15, -0.1) is 0 Å². The molecule has 1 aromatic carbocycles. The summed E-state index contributed by atoms with van der Waals surface area (Å²) in [6.45, 7) is 5.07. The van der Waals surface area contributed by atoms with Crippen LogP contribution in [0.3, 0.4) is 0 Å². The zero-order valence-corrected chi connectivity index (χ0v) is 20.7. The maximum absolute atomic E-state index is 12.4. The average molecular weight is 519 g/mol. The van der Waals surface area contributed by atoms with E-state index >= 15 is 0 Å². The van der Waals surface area contributed by atoms with Crippen molar-refractivity contribution in [2.45, 2.75) is 51.9 Å². The summed E-state index contributed by atoms with van der Waals surface area (Å²) in [7, 11) is 0. The van der Waals surface area contributed by atoms with Gasteiger partial charge in [0.2, 0.25) is 0 Å². The van der Waals surface area contributed by atoms with Gasteiger partial charge in [0.1, 0.15) is 24.2 Å². The first-order valence-corrected chi connectivity index (χ1v) is 11.9. The molecule has 3 aromatic rings. The molecule has 1 saturated heterocycles. The largest absolute Gasteiger partial charge is 0.489 e. The highest BCUT2D eigenvalue weighted by atomic mass is 19.4. The molecule has 1 aliphatic rings. The number of benzene rings is 1. The molecule has 0 spiro atoms. The molecule has 2 amide bonds. The van der Waals surface area contributed by atoms with Crippen LogP contribution >= 0.6 is 0 Å². The fourth-order valence-corrected chi connectivity index (χ4v) is 4.63. The Morgan fingerprint density at radius 2 is 1.92 bits per heavy atom. The van der Waals surface area contributed by atoms with E-state index < -0.39 is 24.7 Å². The second-order valence-electron chi connectivity index (χ2n) is 10.2. The molecule has 0 bridgehead atoms. The Bertz CT molecular complexity index is 1280. The third kappa shape index (κ3) is 6.15. The molecule has 0 radical (unpaired) electrons. The molecule has 2 aromatic heterocycles. The molecule has 0 aliphatic carbocycles. The number of carbonyl (C=O) groups excluding carboxylic acids is 1. The van der Waals surface area contributed by atoms with Gasteiger partial charge < -0.3 is 24.6 Å². The summed E-state index contributed by atoms with van der Waals surface area (Å²) in [5, 5.41) is 12.1. The Morgan fingerprint density at radius 3 is 2.54 bits per heavy atom. The Kier molecular flexibility index (Phi) is 7.07. The van der Waals surface area contributed by atoms with E-state index in [4.69, 9.17) is 4.74 Å². The lowest BCUT2D eigenvalue weighted by Gasteiger charge is -2.44. The van der Waals surface area contributed by atoms with Gasteiger partial charge in [0.25, 0.3) is 5.91 Å². The lowest BCUT2D eigenvalue weighted by atomic mass is 9.80. The first-order valence-electron chi connectivity index (χ1n) is 11.9. The van der Waals surface area contributed by atoms with Crippen molar-refractivity contribution in [3.05, 3.63) is 54.4 Å². The van der Waals surface area contributed by atoms with E-state index in [2.05, 4.69) is 4.98 Å². The highest BCUT2D eigenvalue weighted by molar-refractivity contribution is 5.98. The van der Waals surface area contributed by atoms with Crippen molar-refractivity contribution in [3.63, 3.8) is 0 Å². The van der Waals surface area contributed by atoms with E-state index in [1.54, 1.807) is 41.2 Å². The predicted molar refractivity (Wildman–Crippen MR) is 131 cm³/mol. The number of hydrogen-bond acceptors (Lipinski definition) is 4. The first kappa shape index (κ1) is 26.3. The summed E-state index contributed by atoms with van der Waals surface area (Å²) in [4.78, 5) is 29.7. The lowest BCUT2D eigenvalue weighted by Crippen LogP contribution is -2.53. The number of carboxylic acid groups (broad SMARTS) is 1. The molecular formula is C26H29F3N4O4. The normalized spacial score (nSPS) is 18.6. The summed E-state index contributed by atoms with van der Waals surface area (Å²) >= 11 is 0. The molecular weight excluding hydrogens is 489 g/mol. The summed E-state index contributed by atoms with van der Waals surface area (Å²) < 4.78 is 45.1. The van der Waals surface area contributed by atoms with Gasteiger partial charge >= 0.3 is 12.3 Å². The number of nitrogens with one attached hydrogen (secondary N) is 1. The number of amides is 2. The van der Waals surface area contributed by atoms with Gasteiger partial charge in [0, 0.05) is 42.6 Å². The standard InChI is InChI=1S/C26H29F3N4O4/c1-25(2,3)21-13-18(9-11-33(21)24(35)36)37-19-5-7-22(30-14-19)32-10-8-16-12-17(4-6-20(16)32)23(34)31-15-26(27,28)29/h4-8,10,12,14,18,21H,9,11,13,15H2,1-3H3,(H,31,34)(H,35,36). The van der Waals surface area contributed by atoms with Crippen molar-refractivity contribution < 1.29 is 32.6 Å². The monoisotopic (exact) mass is 518 g/mol. The Hall–Kier alpha value is -3.76. The van der Waals surface area contributed by atoms with Crippen LogP contribution in [-0.4, -0.2) is 63.0 Å². The van der Waals surface area contributed by atoms with Crippen LogP contribution in [0.2, 0.25) is 0 Å². The molecule has 2 unspecified atom stereocenters. The van der Waals surface area contributed by atoms with E-state index in [1.807, 2.05) is 26.1 Å². The van der Waals surface area contributed by atoms with Gasteiger partial charge in [-0.3, -0.25) is 4.79 Å². The van der Waals surface area contributed by atoms with E-state index in [0.29, 0.717) is 36.3 Å². The summed E-state index contributed by atoms with van der Waals surface area (Å²) in [6.07, 6.45) is -0.995.